The molecule has 8 heteroatoms. The first-order valence-electron chi connectivity index (χ1n) is 7.82. The molecular weight excluding hydrogens is 375 g/mol. The fraction of sp³-hybridized carbons (Fsp3) is 0.167. The lowest BCUT2D eigenvalue weighted by molar-refractivity contribution is 0.102. The first-order valence-corrected chi connectivity index (χ1v) is 9.01. The van der Waals surface area contributed by atoms with Gasteiger partial charge in [0.2, 0.25) is 5.01 Å². The molecule has 0 aliphatic carbocycles. The van der Waals surface area contributed by atoms with Crippen LogP contribution in [-0.4, -0.2) is 28.1 Å². The molecule has 0 aliphatic rings. The van der Waals surface area contributed by atoms with E-state index in [1.807, 2.05) is 31.3 Å². The van der Waals surface area contributed by atoms with Gasteiger partial charge in [-0.2, -0.15) is 0 Å². The van der Waals surface area contributed by atoms with Crippen molar-refractivity contribution in [2.75, 3.05) is 12.4 Å². The van der Waals surface area contributed by atoms with Gasteiger partial charge in [0.1, 0.15) is 10.8 Å². The lowest BCUT2D eigenvalue weighted by Crippen LogP contribution is -2.17. The van der Waals surface area contributed by atoms with E-state index in [0.717, 1.165) is 10.6 Å². The number of halogens is 2. The van der Waals surface area contributed by atoms with Crippen molar-refractivity contribution in [2.24, 2.45) is 0 Å². The number of hydrogen-bond donors (Lipinski definition) is 1. The lowest BCUT2D eigenvalue weighted by atomic mass is 10.2. The topological polar surface area (TPSA) is 58.1 Å². The van der Waals surface area contributed by atoms with E-state index in [1.54, 1.807) is 0 Å². The highest BCUT2D eigenvalue weighted by atomic mass is 35.5. The Labute approximate surface area is 159 Å². The third-order valence-corrected chi connectivity index (χ3v) is 4.65. The maximum absolute atomic E-state index is 12.9. The molecule has 0 saturated heterocycles. The van der Waals surface area contributed by atoms with Gasteiger partial charge in [0, 0.05) is 17.3 Å². The maximum atomic E-state index is 12.9. The van der Waals surface area contributed by atoms with Gasteiger partial charge in [-0.05, 0) is 49.0 Å². The second-order valence-electron chi connectivity index (χ2n) is 5.76. The SMILES string of the molecule is CN(Cc1cccc(Cl)c1)Cc1nnc(C(=O)Nc2ccc(F)cc2)s1. The number of anilines is 1. The zero-order chi connectivity index (χ0) is 18.5. The number of carbonyl (C=O) groups is 1. The van der Waals surface area contributed by atoms with E-state index in [0.29, 0.717) is 23.8 Å². The summed E-state index contributed by atoms with van der Waals surface area (Å²) in [6.45, 7) is 1.27. The minimum absolute atomic E-state index is 0.264. The summed E-state index contributed by atoms with van der Waals surface area (Å²) in [5.74, 6) is -0.721. The van der Waals surface area contributed by atoms with Crippen molar-refractivity contribution < 1.29 is 9.18 Å². The molecule has 26 heavy (non-hydrogen) atoms. The zero-order valence-corrected chi connectivity index (χ0v) is 15.5. The molecule has 134 valence electrons. The summed E-state index contributed by atoms with van der Waals surface area (Å²) in [7, 11) is 1.96. The average molecular weight is 391 g/mol. The standard InChI is InChI=1S/C18H16ClFN4OS/c1-24(10-12-3-2-4-13(19)9-12)11-16-22-23-18(26-16)17(25)21-15-7-5-14(20)6-8-15/h2-9H,10-11H2,1H3,(H,21,25). The number of nitrogens with zero attached hydrogens (tertiary/aromatic N) is 3. The van der Waals surface area contributed by atoms with Crippen LogP contribution in [0.4, 0.5) is 10.1 Å². The molecule has 0 bridgehead atoms. The third kappa shape index (κ3) is 5.08. The summed E-state index contributed by atoms with van der Waals surface area (Å²) in [4.78, 5) is 14.3. The molecule has 3 rings (SSSR count). The zero-order valence-electron chi connectivity index (χ0n) is 13.9. The molecule has 3 aromatic rings. The number of nitrogens with one attached hydrogen (secondary N) is 1. The smallest absolute Gasteiger partial charge is 0.286 e. The van der Waals surface area contributed by atoms with E-state index in [9.17, 15) is 9.18 Å². The fourth-order valence-electron chi connectivity index (χ4n) is 2.36. The number of hydrogen-bond acceptors (Lipinski definition) is 5. The Morgan fingerprint density at radius 3 is 2.69 bits per heavy atom. The van der Waals surface area contributed by atoms with Crippen molar-refractivity contribution in [3.8, 4) is 0 Å². The minimum atomic E-state index is -0.363. The Balaban J connectivity index is 1.58. The van der Waals surface area contributed by atoms with Crippen LogP contribution >= 0.6 is 22.9 Å². The molecule has 0 atom stereocenters. The summed E-state index contributed by atoms with van der Waals surface area (Å²) in [6, 6.07) is 13.2. The highest BCUT2D eigenvalue weighted by Gasteiger charge is 2.14. The summed E-state index contributed by atoms with van der Waals surface area (Å²) in [5, 5.41) is 12.4. The second-order valence-corrected chi connectivity index (χ2v) is 7.26. The van der Waals surface area contributed by atoms with Crippen LogP contribution in [0.3, 0.4) is 0 Å². The molecule has 0 radical (unpaired) electrons. The van der Waals surface area contributed by atoms with Crippen LogP contribution in [0.1, 0.15) is 20.4 Å². The van der Waals surface area contributed by atoms with Crippen molar-refractivity contribution in [3.05, 3.63) is 74.9 Å². The average Bonchev–Trinajstić information content (AvgIpc) is 3.05. The Kier molecular flexibility index (Phi) is 5.92. The maximum Gasteiger partial charge on any atom is 0.286 e. The minimum Gasteiger partial charge on any atom is -0.320 e. The number of rotatable bonds is 6. The van der Waals surface area contributed by atoms with Gasteiger partial charge in [-0.1, -0.05) is 35.1 Å². The van der Waals surface area contributed by atoms with Gasteiger partial charge in [0.25, 0.3) is 5.91 Å². The van der Waals surface area contributed by atoms with Crippen LogP contribution in [0, 0.1) is 5.82 Å². The Hall–Kier alpha value is -2.35. The van der Waals surface area contributed by atoms with Gasteiger partial charge in [0.15, 0.2) is 0 Å². The monoisotopic (exact) mass is 390 g/mol. The predicted molar refractivity (Wildman–Crippen MR) is 101 cm³/mol. The second kappa shape index (κ2) is 8.35. The molecule has 1 heterocycles. The van der Waals surface area contributed by atoms with E-state index in [4.69, 9.17) is 11.6 Å². The van der Waals surface area contributed by atoms with E-state index >= 15 is 0 Å². The van der Waals surface area contributed by atoms with E-state index in [1.165, 1.54) is 35.6 Å². The Morgan fingerprint density at radius 1 is 1.19 bits per heavy atom. The van der Waals surface area contributed by atoms with Gasteiger partial charge in [0.05, 0.1) is 6.54 Å². The van der Waals surface area contributed by atoms with Gasteiger partial charge < -0.3 is 5.32 Å². The third-order valence-electron chi connectivity index (χ3n) is 3.51. The van der Waals surface area contributed by atoms with Crippen molar-refractivity contribution in [1.29, 1.82) is 0 Å². The molecule has 2 aromatic carbocycles. The molecule has 0 fully saturated rings. The summed E-state index contributed by atoms with van der Waals surface area (Å²) in [5.41, 5.74) is 1.60. The molecule has 0 aliphatic heterocycles. The summed E-state index contributed by atoms with van der Waals surface area (Å²) in [6.07, 6.45) is 0. The van der Waals surface area contributed by atoms with Crippen LogP contribution in [0.2, 0.25) is 5.02 Å². The van der Waals surface area contributed by atoms with E-state index in [2.05, 4.69) is 20.4 Å². The largest absolute Gasteiger partial charge is 0.320 e. The van der Waals surface area contributed by atoms with Crippen LogP contribution < -0.4 is 5.32 Å². The Bertz CT molecular complexity index is 900. The number of amides is 1. The van der Waals surface area contributed by atoms with Crippen molar-refractivity contribution in [1.82, 2.24) is 15.1 Å². The van der Waals surface area contributed by atoms with Gasteiger partial charge in [-0.25, -0.2) is 4.39 Å². The highest BCUT2D eigenvalue weighted by molar-refractivity contribution is 7.13. The number of carbonyl (C=O) groups excluding carboxylic acids is 1. The molecule has 0 saturated carbocycles. The molecule has 0 spiro atoms. The van der Waals surface area contributed by atoms with Crippen LogP contribution in [0.15, 0.2) is 48.5 Å². The molecule has 0 unspecified atom stereocenters. The van der Waals surface area contributed by atoms with Crippen LogP contribution in [0.25, 0.3) is 0 Å². The quantitative estimate of drug-likeness (QED) is 0.684. The Morgan fingerprint density at radius 2 is 1.96 bits per heavy atom. The normalized spacial score (nSPS) is 10.9. The predicted octanol–water partition coefficient (Wildman–Crippen LogP) is 4.21. The molecule has 1 amide bonds. The molecule has 5 nitrogen and oxygen atoms in total. The molecule has 1 aromatic heterocycles. The lowest BCUT2D eigenvalue weighted by Gasteiger charge is -2.14. The molecule has 1 N–H and O–H groups in total. The van der Waals surface area contributed by atoms with Crippen molar-refractivity contribution in [3.63, 3.8) is 0 Å². The summed E-state index contributed by atoms with van der Waals surface area (Å²) >= 11 is 7.23. The van der Waals surface area contributed by atoms with E-state index < -0.39 is 0 Å². The number of benzene rings is 2. The fourth-order valence-corrected chi connectivity index (χ4v) is 3.39. The summed E-state index contributed by atoms with van der Waals surface area (Å²) < 4.78 is 12.9. The van der Waals surface area contributed by atoms with Crippen molar-refractivity contribution >= 4 is 34.5 Å². The number of aromatic nitrogens is 2. The van der Waals surface area contributed by atoms with Gasteiger partial charge >= 0.3 is 0 Å². The first kappa shape index (κ1) is 18.4. The van der Waals surface area contributed by atoms with Crippen LogP contribution in [-0.2, 0) is 13.1 Å². The van der Waals surface area contributed by atoms with Crippen molar-refractivity contribution in [2.45, 2.75) is 13.1 Å². The highest BCUT2D eigenvalue weighted by Crippen LogP contribution is 2.17. The first-order chi connectivity index (χ1) is 12.5. The molecular formula is C18H16ClFN4OS. The van der Waals surface area contributed by atoms with E-state index in [-0.39, 0.29) is 16.7 Å². The van der Waals surface area contributed by atoms with Gasteiger partial charge in [-0.15, -0.1) is 10.2 Å². The van der Waals surface area contributed by atoms with Gasteiger partial charge in [-0.3, -0.25) is 9.69 Å². The van der Waals surface area contributed by atoms with Crippen LogP contribution in [0.5, 0.6) is 0 Å².